The van der Waals surface area contributed by atoms with Crippen LogP contribution in [0.1, 0.15) is 58.6 Å². The van der Waals surface area contributed by atoms with Crippen molar-refractivity contribution in [2.24, 2.45) is 0 Å². The molecule has 0 aromatic carbocycles. The predicted octanol–water partition coefficient (Wildman–Crippen LogP) is 3.83. The van der Waals surface area contributed by atoms with Gasteiger partial charge in [-0.3, -0.25) is 4.68 Å². The molecule has 2 unspecified atom stereocenters. The van der Waals surface area contributed by atoms with E-state index < -0.39 is 0 Å². The number of nitrogens with one attached hydrogen (secondary N) is 1. The molecule has 0 bridgehead atoms. The Labute approximate surface area is 116 Å². The van der Waals surface area contributed by atoms with Gasteiger partial charge in [-0.15, -0.1) is 0 Å². The number of rotatable bonds is 8. The Morgan fingerprint density at radius 3 is 2.67 bits per heavy atom. The largest absolute Gasteiger partial charge is 0.314 e. The Morgan fingerprint density at radius 2 is 2.06 bits per heavy atom. The van der Waals surface area contributed by atoms with Crippen LogP contribution < -0.4 is 5.32 Å². The molecule has 4 heteroatoms. The molecule has 2 atom stereocenters. The van der Waals surface area contributed by atoms with Crippen LogP contribution in [0.3, 0.4) is 0 Å². The molecule has 1 aromatic rings. The summed E-state index contributed by atoms with van der Waals surface area (Å²) < 4.78 is 2.06. The maximum Gasteiger partial charge on any atom is 0.0820 e. The fourth-order valence-electron chi connectivity index (χ4n) is 2.37. The molecule has 0 saturated carbocycles. The van der Waals surface area contributed by atoms with Gasteiger partial charge in [-0.2, -0.15) is 5.10 Å². The smallest absolute Gasteiger partial charge is 0.0820 e. The van der Waals surface area contributed by atoms with Crippen molar-refractivity contribution in [1.29, 1.82) is 0 Å². The number of hydrogen-bond donors (Lipinski definition) is 1. The molecule has 0 spiro atoms. The topological polar surface area (TPSA) is 29.9 Å². The molecule has 1 rings (SSSR count). The highest BCUT2D eigenvalue weighted by molar-refractivity contribution is 6.31. The summed E-state index contributed by atoms with van der Waals surface area (Å²) in [7, 11) is 0. The highest BCUT2D eigenvalue weighted by Gasteiger charge is 2.18. The molecular weight excluding hydrogens is 246 g/mol. The van der Waals surface area contributed by atoms with Crippen LogP contribution in [0.25, 0.3) is 0 Å². The van der Waals surface area contributed by atoms with Crippen molar-refractivity contribution in [3.63, 3.8) is 0 Å². The first-order valence-corrected chi connectivity index (χ1v) is 7.42. The zero-order valence-corrected chi connectivity index (χ0v) is 12.8. The molecule has 0 amide bonds. The van der Waals surface area contributed by atoms with Crippen LogP contribution in [-0.2, 0) is 6.54 Å². The molecule has 0 aliphatic rings. The second kappa shape index (κ2) is 7.80. The number of nitrogens with zero attached hydrogens (tertiary/aromatic N) is 2. The zero-order valence-electron chi connectivity index (χ0n) is 12.0. The van der Waals surface area contributed by atoms with Gasteiger partial charge < -0.3 is 5.32 Å². The van der Waals surface area contributed by atoms with E-state index in [4.69, 9.17) is 11.6 Å². The van der Waals surface area contributed by atoms with E-state index in [0.717, 1.165) is 31.0 Å². The van der Waals surface area contributed by atoms with Crippen LogP contribution in [-0.4, -0.2) is 22.4 Å². The first-order chi connectivity index (χ1) is 8.60. The van der Waals surface area contributed by atoms with E-state index in [2.05, 4.69) is 42.8 Å². The van der Waals surface area contributed by atoms with E-state index in [1.54, 1.807) is 6.20 Å². The van der Waals surface area contributed by atoms with Gasteiger partial charge in [-0.1, -0.05) is 32.4 Å². The van der Waals surface area contributed by atoms with Gasteiger partial charge in [0, 0.05) is 18.5 Å². The predicted molar refractivity (Wildman–Crippen MR) is 78.3 cm³/mol. The monoisotopic (exact) mass is 271 g/mol. The van der Waals surface area contributed by atoms with Gasteiger partial charge in [-0.05, 0) is 32.7 Å². The summed E-state index contributed by atoms with van der Waals surface area (Å²) >= 11 is 6.26. The van der Waals surface area contributed by atoms with E-state index in [9.17, 15) is 0 Å². The number of halogens is 1. The fraction of sp³-hybridized carbons (Fsp3) is 0.786. The molecule has 0 aliphatic carbocycles. The maximum absolute atomic E-state index is 6.26. The third-order valence-corrected chi connectivity index (χ3v) is 3.48. The lowest BCUT2D eigenvalue weighted by Crippen LogP contribution is -2.28. The summed E-state index contributed by atoms with van der Waals surface area (Å²) in [5.74, 6) is 0.436. The summed E-state index contributed by atoms with van der Waals surface area (Å²) in [4.78, 5) is 0. The van der Waals surface area contributed by atoms with Gasteiger partial charge in [0.25, 0.3) is 0 Å². The highest BCUT2D eigenvalue weighted by atomic mass is 35.5. The van der Waals surface area contributed by atoms with Crippen LogP contribution >= 0.6 is 11.6 Å². The second-order valence-electron chi connectivity index (χ2n) is 5.09. The first kappa shape index (κ1) is 15.5. The molecule has 1 heterocycles. The van der Waals surface area contributed by atoms with E-state index in [0.29, 0.717) is 12.0 Å². The summed E-state index contributed by atoms with van der Waals surface area (Å²) in [5.41, 5.74) is 1.18. The lowest BCUT2D eigenvalue weighted by molar-refractivity contribution is 0.455. The van der Waals surface area contributed by atoms with Gasteiger partial charge in [0.2, 0.25) is 0 Å². The Morgan fingerprint density at radius 1 is 1.33 bits per heavy atom. The van der Waals surface area contributed by atoms with Crippen molar-refractivity contribution in [2.45, 2.75) is 65.5 Å². The summed E-state index contributed by atoms with van der Waals surface area (Å²) in [6.07, 6.45) is 5.12. The standard InChI is InChI=1S/C14H26ClN3/c1-5-7-16-12(4)9-11(3)14-13(15)10-17-18(14)8-6-2/h10-12,16H,5-9H2,1-4H3. The average molecular weight is 272 g/mol. The lowest BCUT2D eigenvalue weighted by atomic mass is 9.99. The second-order valence-corrected chi connectivity index (χ2v) is 5.50. The summed E-state index contributed by atoms with van der Waals surface area (Å²) in [6, 6.07) is 0.515. The van der Waals surface area contributed by atoms with E-state index in [1.165, 1.54) is 12.1 Å². The molecule has 0 radical (unpaired) electrons. The van der Waals surface area contributed by atoms with Gasteiger partial charge in [0.15, 0.2) is 0 Å². The average Bonchev–Trinajstić information content (AvgIpc) is 2.68. The quantitative estimate of drug-likeness (QED) is 0.779. The molecular formula is C14H26ClN3. The van der Waals surface area contributed by atoms with E-state index in [-0.39, 0.29) is 0 Å². The van der Waals surface area contributed by atoms with Gasteiger partial charge in [-0.25, -0.2) is 0 Å². The Hall–Kier alpha value is -0.540. The van der Waals surface area contributed by atoms with E-state index in [1.807, 2.05) is 0 Å². The maximum atomic E-state index is 6.26. The van der Waals surface area contributed by atoms with Crippen molar-refractivity contribution in [1.82, 2.24) is 15.1 Å². The van der Waals surface area contributed by atoms with Crippen molar-refractivity contribution >= 4 is 11.6 Å². The molecule has 0 aliphatic heterocycles. The molecule has 1 N–H and O–H groups in total. The van der Waals surface area contributed by atoms with Crippen molar-refractivity contribution in [3.05, 3.63) is 16.9 Å². The number of aryl methyl sites for hydroxylation is 1. The Kier molecular flexibility index (Phi) is 6.72. The third-order valence-electron chi connectivity index (χ3n) is 3.19. The van der Waals surface area contributed by atoms with Crippen molar-refractivity contribution in [3.8, 4) is 0 Å². The van der Waals surface area contributed by atoms with Crippen LogP contribution in [0.15, 0.2) is 6.20 Å². The summed E-state index contributed by atoms with van der Waals surface area (Å²) in [5, 5.41) is 8.69. The molecule has 1 aromatic heterocycles. The molecule has 0 fully saturated rings. The lowest BCUT2D eigenvalue weighted by Gasteiger charge is -2.20. The first-order valence-electron chi connectivity index (χ1n) is 7.04. The minimum atomic E-state index is 0.436. The Balaban J connectivity index is 2.64. The summed E-state index contributed by atoms with van der Waals surface area (Å²) in [6.45, 7) is 10.9. The van der Waals surface area contributed by atoms with Gasteiger partial charge in [0.1, 0.15) is 0 Å². The van der Waals surface area contributed by atoms with Crippen LogP contribution in [0.2, 0.25) is 5.02 Å². The normalized spacial score (nSPS) is 14.7. The third kappa shape index (κ3) is 4.29. The van der Waals surface area contributed by atoms with Crippen molar-refractivity contribution in [2.75, 3.05) is 6.54 Å². The van der Waals surface area contributed by atoms with Crippen LogP contribution in [0, 0.1) is 0 Å². The SMILES string of the molecule is CCCNC(C)CC(C)c1c(Cl)cnn1CCC. The van der Waals surface area contributed by atoms with Crippen LogP contribution in [0.4, 0.5) is 0 Å². The molecule has 104 valence electrons. The zero-order chi connectivity index (χ0) is 13.5. The fourth-order valence-corrected chi connectivity index (χ4v) is 2.70. The van der Waals surface area contributed by atoms with Gasteiger partial charge in [0.05, 0.1) is 16.9 Å². The van der Waals surface area contributed by atoms with Gasteiger partial charge >= 0.3 is 0 Å². The highest BCUT2D eigenvalue weighted by Crippen LogP contribution is 2.27. The minimum absolute atomic E-state index is 0.436. The minimum Gasteiger partial charge on any atom is -0.314 e. The van der Waals surface area contributed by atoms with E-state index >= 15 is 0 Å². The molecule has 0 saturated heterocycles. The Bertz CT molecular complexity index is 349. The molecule has 18 heavy (non-hydrogen) atoms. The molecule has 3 nitrogen and oxygen atoms in total. The van der Waals surface area contributed by atoms with Crippen molar-refractivity contribution < 1.29 is 0 Å². The van der Waals surface area contributed by atoms with Crippen LogP contribution in [0.5, 0.6) is 0 Å². The number of hydrogen-bond acceptors (Lipinski definition) is 2. The number of aromatic nitrogens is 2.